The molecule has 0 amide bonds. The number of aromatic nitrogens is 4. The molecule has 0 bridgehead atoms. The molecule has 158 valence electrons. The normalized spacial score (nSPS) is 15.9. The Kier molecular flexibility index (Phi) is 5.91. The fourth-order valence-corrected chi connectivity index (χ4v) is 3.78. The van der Waals surface area contributed by atoms with Gasteiger partial charge in [-0.2, -0.15) is 0 Å². The molecule has 1 aromatic carbocycles. The van der Waals surface area contributed by atoms with E-state index in [4.69, 9.17) is 4.74 Å². The number of hydrogen-bond acceptors (Lipinski definition) is 7. The van der Waals surface area contributed by atoms with Crippen molar-refractivity contribution >= 4 is 5.69 Å². The smallest absolute Gasteiger partial charge is 0.316 e. The fraction of sp³-hybridized carbons (Fsp3) is 0.381. The number of anilines is 1. The quantitative estimate of drug-likeness (QED) is 0.661. The van der Waals surface area contributed by atoms with E-state index in [9.17, 15) is 9.50 Å². The maximum atomic E-state index is 14.8. The van der Waals surface area contributed by atoms with Crippen LogP contribution in [0.5, 0.6) is 6.01 Å². The molecule has 3 aromatic rings. The van der Waals surface area contributed by atoms with Crippen molar-refractivity contribution in [2.75, 3.05) is 38.2 Å². The summed E-state index contributed by atoms with van der Waals surface area (Å²) in [7, 11) is 3.35. The number of aryl methyl sites for hydroxylation is 1. The zero-order valence-corrected chi connectivity index (χ0v) is 17.1. The number of ether oxygens (including phenoxy) is 1. The number of hydrogen-bond donors (Lipinski definition) is 1. The predicted molar refractivity (Wildman–Crippen MR) is 110 cm³/mol. The number of aliphatic hydroxyl groups is 1. The van der Waals surface area contributed by atoms with E-state index in [2.05, 4.69) is 19.9 Å². The molecule has 1 atom stereocenters. The predicted octanol–water partition coefficient (Wildman–Crippen LogP) is 1.76. The number of nitrogens with zero attached hydrogens (tertiary/aromatic N) is 6. The molecular weight excluding hydrogens is 387 g/mol. The minimum Gasteiger partial charge on any atom is -0.467 e. The highest BCUT2D eigenvalue weighted by atomic mass is 19.1. The number of methoxy groups -OCH3 is 1. The Morgan fingerprint density at radius 2 is 1.87 bits per heavy atom. The molecule has 1 saturated heterocycles. The monoisotopic (exact) mass is 412 g/mol. The third-order valence-electron chi connectivity index (χ3n) is 5.37. The second kappa shape index (κ2) is 8.76. The second-order valence-electron chi connectivity index (χ2n) is 7.32. The Morgan fingerprint density at radius 1 is 1.13 bits per heavy atom. The van der Waals surface area contributed by atoms with Crippen molar-refractivity contribution in [1.82, 2.24) is 24.4 Å². The van der Waals surface area contributed by atoms with Crippen LogP contribution >= 0.6 is 0 Å². The molecule has 0 saturated carbocycles. The first kappa shape index (κ1) is 20.2. The van der Waals surface area contributed by atoms with Gasteiger partial charge in [-0.05, 0) is 6.07 Å². The van der Waals surface area contributed by atoms with Gasteiger partial charge < -0.3 is 19.3 Å². The minimum absolute atomic E-state index is 0.335. The molecule has 0 spiro atoms. The molecule has 30 heavy (non-hydrogen) atoms. The summed E-state index contributed by atoms with van der Waals surface area (Å²) in [5.41, 5.74) is 1.97. The summed E-state index contributed by atoms with van der Waals surface area (Å²) in [6.45, 7) is 3.55. The fourth-order valence-electron chi connectivity index (χ4n) is 3.78. The highest BCUT2D eigenvalue weighted by Gasteiger charge is 2.26. The number of piperazine rings is 1. The average Bonchev–Trinajstić information content (AvgIpc) is 3.20. The van der Waals surface area contributed by atoms with Crippen LogP contribution < -0.4 is 9.64 Å². The summed E-state index contributed by atoms with van der Waals surface area (Å²) >= 11 is 0. The third kappa shape index (κ3) is 4.12. The van der Waals surface area contributed by atoms with Gasteiger partial charge in [-0.15, -0.1) is 0 Å². The van der Waals surface area contributed by atoms with E-state index in [0.717, 1.165) is 25.2 Å². The Morgan fingerprint density at radius 3 is 2.50 bits per heavy atom. The van der Waals surface area contributed by atoms with E-state index in [0.29, 0.717) is 36.2 Å². The molecule has 3 heterocycles. The molecule has 0 aliphatic carbocycles. The number of rotatable bonds is 6. The van der Waals surface area contributed by atoms with Crippen molar-refractivity contribution in [3.05, 3.63) is 65.8 Å². The van der Waals surface area contributed by atoms with Crippen molar-refractivity contribution < 1.29 is 14.2 Å². The van der Waals surface area contributed by atoms with Gasteiger partial charge >= 0.3 is 6.01 Å². The highest BCUT2D eigenvalue weighted by molar-refractivity contribution is 5.57. The molecule has 1 aliphatic rings. The van der Waals surface area contributed by atoms with Crippen LogP contribution in [-0.4, -0.2) is 62.8 Å². The van der Waals surface area contributed by atoms with Crippen molar-refractivity contribution in [2.24, 2.45) is 7.05 Å². The molecule has 1 fully saturated rings. The molecule has 9 heteroatoms. The lowest BCUT2D eigenvalue weighted by Crippen LogP contribution is -2.46. The number of halogens is 1. The molecule has 0 radical (unpaired) electrons. The number of benzene rings is 1. The lowest BCUT2D eigenvalue weighted by atomic mass is 10.0. The first-order valence-corrected chi connectivity index (χ1v) is 9.82. The van der Waals surface area contributed by atoms with Crippen LogP contribution in [0, 0.1) is 5.82 Å². The van der Waals surface area contributed by atoms with Crippen LogP contribution in [0.25, 0.3) is 0 Å². The SMILES string of the molecule is COc1ncc(CN2CCN(c3c(F)cccc3[C@H](O)c3nccn3C)CC2)cn1. The minimum atomic E-state index is -0.995. The van der Waals surface area contributed by atoms with Crippen molar-refractivity contribution in [2.45, 2.75) is 12.6 Å². The van der Waals surface area contributed by atoms with E-state index in [1.165, 1.54) is 13.2 Å². The van der Waals surface area contributed by atoms with Gasteiger partial charge in [0.25, 0.3) is 0 Å². The lowest BCUT2D eigenvalue weighted by molar-refractivity contribution is 0.205. The summed E-state index contributed by atoms with van der Waals surface area (Å²) in [6.07, 6.45) is 5.91. The van der Waals surface area contributed by atoms with Gasteiger partial charge in [0.15, 0.2) is 0 Å². The molecule has 2 aromatic heterocycles. The van der Waals surface area contributed by atoms with Crippen LogP contribution in [0.1, 0.15) is 23.1 Å². The van der Waals surface area contributed by atoms with Gasteiger partial charge in [0, 0.05) is 75.7 Å². The van der Waals surface area contributed by atoms with E-state index in [-0.39, 0.29) is 5.82 Å². The molecule has 0 unspecified atom stereocenters. The van der Waals surface area contributed by atoms with Gasteiger partial charge in [0.2, 0.25) is 0 Å². The van der Waals surface area contributed by atoms with E-state index in [1.54, 1.807) is 41.5 Å². The number of para-hydroxylation sites is 1. The zero-order chi connectivity index (χ0) is 21.1. The molecule has 4 rings (SSSR count). The first-order valence-electron chi connectivity index (χ1n) is 9.82. The van der Waals surface area contributed by atoms with Crippen molar-refractivity contribution in [3.63, 3.8) is 0 Å². The van der Waals surface area contributed by atoms with Gasteiger partial charge in [-0.1, -0.05) is 12.1 Å². The summed E-state index contributed by atoms with van der Waals surface area (Å²) in [5.74, 6) is 0.151. The van der Waals surface area contributed by atoms with Gasteiger partial charge in [0.1, 0.15) is 17.7 Å². The summed E-state index contributed by atoms with van der Waals surface area (Å²) in [4.78, 5) is 16.8. The Bertz CT molecular complexity index is 985. The molecular formula is C21H25FN6O2. The summed E-state index contributed by atoms with van der Waals surface area (Å²) in [5, 5.41) is 10.9. The van der Waals surface area contributed by atoms with Gasteiger partial charge in [0.05, 0.1) is 12.8 Å². The van der Waals surface area contributed by atoms with Crippen LogP contribution in [0.3, 0.4) is 0 Å². The number of imidazole rings is 1. The van der Waals surface area contributed by atoms with Crippen molar-refractivity contribution in [3.8, 4) is 6.01 Å². The second-order valence-corrected chi connectivity index (χ2v) is 7.32. The first-order chi connectivity index (χ1) is 14.6. The third-order valence-corrected chi connectivity index (χ3v) is 5.37. The van der Waals surface area contributed by atoms with Gasteiger partial charge in [-0.3, -0.25) is 4.90 Å². The maximum Gasteiger partial charge on any atom is 0.316 e. The summed E-state index contributed by atoms with van der Waals surface area (Å²) < 4.78 is 21.6. The summed E-state index contributed by atoms with van der Waals surface area (Å²) in [6, 6.07) is 5.17. The lowest BCUT2D eigenvalue weighted by Gasteiger charge is -2.37. The number of aliphatic hydroxyl groups excluding tert-OH is 1. The molecule has 1 N–H and O–H groups in total. The maximum absolute atomic E-state index is 14.8. The largest absolute Gasteiger partial charge is 0.467 e. The highest BCUT2D eigenvalue weighted by Crippen LogP contribution is 2.33. The Labute approximate surface area is 174 Å². The topological polar surface area (TPSA) is 79.5 Å². The van der Waals surface area contributed by atoms with Gasteiger partial charge in [-0.25, -0.2) is 19.3 Å². The van der Waals surface area contributed by atoms with Crippen LogP contribution in [0.15, 0.2) is 43.0 Å². The Hall–Kier alpha value is -3.04. The molecule has 1 aliphatic heterocycles. The van der Waals surface area contributed by atoms with Crippen LogP contribution in [0.4, 0.5) is 10.1 Å². The van der Waals surface area contributed by atoms with E-state index in [1.807, 2.05) is 11.9 Å². The van der Waals surface area contributed by atoms with E-state index >= 15 is 0 Å². The van der Waals surface area contributed by atoms with E-state index < -0.39 is 6.10 Å². The Balaban J connectivity index is 1.47. The van der Waals surface area contributed by atoms with Crippen LogP contribution in [-0.2, 0) is 13.6 Å². The zero-order valence-electron chi connectivity index (χ0n) is 17.1. The van der Waals surface area contributed by atoms with Crippen LogP contribution in [0.2, 0.25) is 0 Å². The average molecular weight is 412 g/mol. The molecule has 8 nitrogen and oxygen atoms in total. The standard InChI is InChI=1S/C21H25FN6O2/c1-26-7-6-23-20(26)19(29)16-4-3-5-17(22)18(16)28-10-8-27(9-11-28)14-15-12-24-21(30-2)25-13-15/h3-7,12-13,19,29H,8-11,14H2,1-2H3/t19-/m0/s1. The van der Waals surface area contributed by atoms with Crippen molar-refractivity contribution in [1.29, 1.82) is 0 Å².